The molecule has 0 saturated carbocycles. The van der Waals surface area contributed by atoms with Gasteiger partial charge in [0.1, 0.15) is 0 Å². The maximum atomic E-state index is 9.13. The van der Waals surface area contributed by atoms with Crippen molar-refractivity contribution in [3.8, 4) is 0 Å². The minimum absolute atomic E-state index is 0.0854. The second kappa shape index (κ2) is 7.03. The molecule has 0 aromatic carbocycles. The van der Waals surface area contributed by atoms with Crippen molar-refractivity contribution in [2.45, 2.75) is 45.1 Å². The fraction of sp³-hybridized carbons (Fsp3) is 1.00. The summed E-state index contributed by atoms with van der Waals surface area (Å²) in [6, 6.07) is 0. The van der Waals surface area contributed by atoms with Crippen LogP contribution < -0.4 is 5.73 Å². The molecule has 0 rings (SSSR count). The average Bonchev–Trinajstić information content (AvgIpc) is 1.98. The number of aliphatic hydroxyl groups excluding tert-OH is 1. The van der Waals surface area contributed by atoms with Crippen LogP contribution in [0.2, 0.25) is 0 Å². The summed E-state index contributed by atoms with van der Waals surface area (Å²) in [5, 5.41) is 9.13. The van der Waals surface area contributed by atoms with Gasteiger partial charge in [0, 0.05) is 0 Å². The van der Waals surface area contributed by atoms with Crippen LogP contribution in [0.1, 0.15) is 39.0 Å². The highest BCUT2D eigenvalue weighted by Gasteiger charge is 1.98. The van der Waals surface area contributed by atoms with Gasteiger partial charge in [-0.25, -0.2) is 0 Å². The van der Waals surface area contributed by atoms with Crippen molar-refractivity contribution in [1.82, 2.24) is 0 Å². The van der Waals surface area contributed by atoms with E-state index in [9.17, 15) is 0 Å². The first-order valence-corrected chi connectivity index (χ1v) is 4.19. The second-order valence-corrected chi connectivity index (χ2v) is 2.70. The first-order chi connectivity index (χ1) is 4.81. The SMILES string of the molecule is CCC(O)CCCCCN. The summed E-state index contributed by atoms with van der Waals surface area (Å²) in [7, 11) is 0. The largest absolute Gasteiger partial charge is 0.393 e. The predicted octanol–water partition coefficient (Wildman–Crippen LogP) is 1.28. The van der Waals surface area contributed by atoms with Crippen molar-refractivity contribution in [3.63, 3.8) is 0 Å². The lowest BCUT2D eigenvalue weighted by Gasteiger charge is -2.05. The van der Waals surface area contributed by atoms with E-state index in [0.717, 1.165) is 38.6 Å². The quantitative estimate of drug-likeness (QED) is 0.553. The minimum atomic E-state index is -0.0854. The van der Waals surface area contributed by atoms with Crippen LogP contribution in [-0.4, -0.2) is 17.8 Å². The predicted molar refractivity (Wildman–Crippen MR) is 43.8 cm³/mol. The van der Waals surface area contributed by atoms with Gasteiger partial charge in [0.25, 0.3) is 0 Å². The molecule has 2 heteroatoms. The highest BCUT2D eigenvalue weighted by atomic mass is 16.3. The summed E-state index contributed by atoms with van der Waals surface area (Å²) < 4.78 is 0. The number of rotatable bonds is 6. The maximum absolute atomic E-state index is 9.13. The standard InChI is InChI=1S/C8H19NO/c1-2-8(10)6-4-3-5-7-9/h8,10H,2-7,9H2,1H3. The molecule has 2 nitrogen and oxygen atoms in total. The van der Waals surface area contributed by atoms with Gasteiger partial charge in [0.15, 0.2) is 0 Å². The van der Waals surface area contributed by atoms with Crippen LogP contribution in [0.15, 0.2) is 0 Å². The third-order valence-corrected chi connectivity index (χ3v) is 1.71. The molecule has 0 saturated heterocycles. The van der Waals surface area contributed by atoms with Gasteiger partial charge < -0.3 is 10.8 Å². The van der Waals surface area contributed by atoms with Crippen LogP contribution in [0.25, 0.3) is 0 Å². The van der Waals surface area contributed by atoms with Gasteiger partial charge >= 0.3 is 0 Å². The van der Waals surface area contributed by atoms with Gasteiger partial charge in [-0.1, -0.05) is 19.8 Å². The molecule has 0 radical (unpaired) electrons. The fourth-order valence-corrected chi connectivity index (χ4v) is 0.905. The molecule has 0 amide bonds. The summed E-state index contributed by atoms with van der Waals surface area (Å²) >= 11 is 0. The molecular formula is C8H19NO. The monoisotopic (exact) mass is 145 g/mol. The Morgan fingerprint density at radius 2 is 2.00 bits per heavy atom. The van der Waals surface area contributed by atoms with Crippen molar-refractivity contribution in [2.24, 2.45) is 5.73 Å². The zero-order valence-electron chi connectivity index (χ0n) is 6.84. The molecular weight excluding hydrogens is 126 g/mol. The Labute approximate surface area is 63.4 Å². The van der Waals surface area contributed by atoms with Crippen LogP contribution in [0, 0.1) is 0 Å². The first kappa shape index (κ1) is 9.92. The highest BCUT2D eigenvalue weighted by Crippen LogP contribution is 2.04. The third kappa shape index (κ3) is 6.05. The summed E-state index contributed by atoms with van der Waals surface area (Å²) in [5.74, 6) is 0. The molecule has 3 N–H and O–H groups in total. The number of hydrogen-bond acceptors (Lipinski definition) is 2. The molecule has 10 heavy (non-hydrogen) atoms. The van der Waals surface area contributed by atoms with Gasteiger partial charge in [0.05, 0.1) is 6.10 Å². The zero-order valence-corrected chi connectivity index (χ0v) is 6.84. The average molecular weight is 145 g/mol. The van der Waals surface area contributed by atoms with E-state index in [-0.39, 0.29) is 6.10 Å². The fourth-order valence-electron chi connectivity index (χ4n) is 0.905. The normalized spacial score (nSPS) is 13.5. The highest BCUT2D eigenvalue weighted by molar-refractivity contribution is 4.52. The van der Waals surface area contributed by atoms with E-state index >= 15 is 0 Å². The number of aliphatic hydroxyl groups is 1. The Morgan fingerprint density at radius 3 is 2.50 bits per heavy atom. The van der Waals surface area contributed by atoms with Crippen molar-refractivity contribution in [2.75, 3.05) is 6.54 Å². The molecule has 0 aromatic heterocycles. The second-order valence-electron chi connectivity index (χ2n) is 2.70. The zero-order chi connectivity index (χ0) is 7.82. The van der Waals surface area contributed by atoms with E-state index in [1.54, 1.807) is 0 Å². The van der Waals surface area contributed by atoms with E-state index in [1.165, 1.54) is 0 Å². The lowest BCUT2D eigenvalue weighted by Crippen LogP contribution is -2.04. The van der Waals surface area contributed by atoms with Gasteiger partial charge in [-0.3, -0.25) is 0 Å². The summed E-state index contributed by atoms with van der Waals surface area (Å²) in [6.45, 7) is 2.79. The van der Waals surface area contributed by atoms with E-state index < -0.39 is 0 Å². The molecule has 1 unspecified atom stereocenters. The van der Waals surface area contributed by atoms with Crippen LogP contribution in [0.4, 0.5) is 0 Å². The summed E-state index contributed by atoms with van der Waals surface area (Å²) in [5.41, 5.74) is 5.32. The number of nitrogens with two attached hydrogens (primary N) is 1. The smallest absolute Gasteiger partial charge is 0.0537 e. The molecule has 0 aliphatic heterocycles. The molecule has 0 fully saturated rings. The lowest BCUT2D eigenvalue weighted by atomic mass is 10.1. The van der Waals surface area contributed by atoms with Crippen molar-refractivity contribution < 1.29 is 5.11 Å². The van der Waals surface area contributed by atoms with Crippen LogP contribution in [0.5, 0.6) is 0 Å². The van der Waals surface area contributed by atoms with E-state index in [2.05, 4.69) is 0 Å². The van der Waals surface area contributed by atoms with Gasteiger partial charge in [-0.05, 0) is 25.8 Å². The Hall–Kier alpha value is -0.0800. The first-order valence-electron chi connectivity index (χ1n) is 4.19. The topological polar surface area (TPSA) is 46.2 Å². The Bertz CT molecular complexity index is 66.3. The molecule has 0 heterocycles. The van der Waals surface area contributed by atoms with E-state index in [4.69, 9.17) is 10.8 Å². The third-order valence-electron chi connectivity index (χ3n) is 1.71. The van der Waals surface area contributed by atoms with E-state index in [0.29, 0.717) is 0 Å². The number of hydrogen-bond donors (Lipinski definition) is 2. The minimum Gasteiger partial charge on any atom is -0.393 e. The molecule has 0 bridgehead atoms. The van der Waals surface area contributed by atoms with Gasteiger partial charge in [0.2, 0.25) is 0 Å². The van der Waals surface area contributed by atoms with E-state index in [1.807, 2.05) is 6.92 Å². The Balaban J connectivity index is 2.89. The summed E-state index contributed by atoms with van der Waals surface area (Å²) in [4.78, 5) is 0. The van der Waals surface area contributed by atoms with Crippen LogP contribution >= 0.6 is 0 Å². The summed E-state index contributed by atoms with van der Waals surface area (Å²) in [6.07, 6.45) is 5.10. The van der Waals surface area contributed by atoms with Crippen molar-refractivity contribution in [1.29, 1.82) is 0 Å². The molecule has 0 aliphatic rings. The van der Waals surface area contributed by atoms with Gasteiger partial charge in [-0.15, -0.1) is 0 Å². The molecule has 0 aliphatic carbocycles. The maximum Gasteiger partial charge on any atom is 0.0537 e. The lowest BCUT2D eigenvalue weighted by molar-refractivity contribution is 0.156. The molecule has 1 atom stereocenters. The van der Waals surface area contributed by atoms with Gasteiger partial charge in [-0.2, -0.15) is 0 Å². The molecule has 0 spiro atoms. The van der Waals surface area contributed by atoms with Crippen molar-refractivity contribution in [3.05, 3.63) is 0 Å². The Morgan fingerprint density at radius 1 is 1.30 bits per heavy atom. The van der Waals surface area contributed by atoms with Crippen molar-refractivity contribution >= 4 is 0 Å². The Kier molecular flexibility index (Phi) is 6.98. The molecule has 0 aromatic rings. The number of unbranched alkanes of at least 4 members (excludes halogenated alkanes) is 2. The molecule has 62 valence electrons. The van der Waals surface area contributed by atoms with Crippen LogP contribution in [-0.2, 0) is 0 Å². The van der Waals surface area contributed by atoms with Crippen LogP contribution in [0.3, 0.4) is 0 Å².